The van der Waals surface area contributed by atoms with Gasteiger partial charge in [-0.05, 0) is 31.5 Å². The van der Waals surface area contributed by atoms with Crippen molar-refractivity contribution in [1.82, 2.24) is 14.3 Å². The summed E-state index contributed by atoms with van der Waals surface area (Å²) >= 11 is 0. The van der Waals surface area contributed by atoms with Crippen LogP contribution >= 0.6 is 0 Å². The number of fused-ring (bicyclic) bond motifs is 1. The maximum atomic E-state index is 12.1. The van der Waals surface area contributed by atoms with E-state index in [4.69, 9.17) is 0 Å². The van der Waals surface area contributed by atoms with Crippen molar-refractivity contribution in [2.24, 2.45) is 5.41 Å². The molecule has 4 nitrogen and oxygen atoms in total. The van der Waals surface area contributed by atoms with Crippen LogP contribution in [0.2, 0.25) is 0 Å². The Labute approximate surface area is 120 Å². The van der Waals surface area contributed by atoms with Crippen LogP contribution in [0.1, 0.15) is 33.4 Å². The average molecular weight is 273 g/mol. The molecule has 4 heteroatoms. The predicted molar refractivity (Wildman–Crippen MR) is 81.8 cm³/mol. The van der Waals surface area contributed by atoms with Gasteiger partial charge < -0.3 is 0 Å². The fraction of sp³-hybridized carbons (Fsp3) is 0.500. The molecule has 1 atom stereocenters. The van der Waals surface area contributed by atoms with E-state index in [-0.39, 0.29) is 11.0 Å². The van der Waals surface area contributed by atoms with E-state index >= 15 is 0 Å². The van der Waals surface area contributed by atoms with Crippen molar-refractivity contribution < 1.29 is 0 Å². The van der Waals surface area contributed by atoms with Gasteiger partial charge in [0.25, 0.3) is 5.56 Å². The second-order valence-corrected chi connectivity index (χ2v) is 6.47. The lowest BCUT2D eigenvalue weighted by Crippen LogP contribution is -2.39. The molecule has 0 spiro atoms. The topological polar surface area (TPSA) is 37.6 Å². The van der Waals surface area contributed by atoms with Crippen molar-refractivity contribution in [1.29, 1.82) is 0 Å². The van der Waals surface area contributed by atoms with E-state index < -0.39 is 0 Å². The zero-order valence-electron chi connectivity index (χ0n) is 12.9. The van der Waals surface area contributed by atoms with Gasteiger partial charge in [0, 0.05) is 24.8 Å². The summed E-state index contributed by atoms with van der Waals surface area (Å²) in [5.74, 6) is 0. The molecular formula is C16H23N3O. The monoisotopic (exact) mass is 273 g/mol. The molecule has 0 radical (unpaired) electrons. The van der Waals surface area contributed by atoms with Crippen molar-refractivity contribution in [3.63, 3.8) is 0 Å². The van der Waals surface area contributed by atoms with Gasteiger partial charge in [-0.2, -0.15) is 0 Å². The molecule has 2 aromatic heterocycles. The van der Waals surface area contributed by atoms with Gasteiger partial charge in [-0.1, -0.05) is 26.8 Å². The maximum absolute atomic E-state index is 12.1. The zero-order valence-corrected chi connectivity index (χ0v) is 12.9. The first-order chi connectivity index (χ1) is 9.29. The summed E-state index contributed by atoms with van der Waals surface area (Å²) in [7, 11) is 2.07. The highest BCUT2D eigenvalue weighted by Crippen LogP contribution is 2.23. The Bertz CT molecular complexity index is 655. The fourth-order valence-electron chi connectivity index (χ4n) is 2.24. The first-order valence-electron chi connectivity index (χ1n) is 6.96. The lowest BCUT2D eigenvalue weighted by atomic mass is 9.87. The predicted octanol–water partition coefficient (Wildman–Crippen LogP) is 2.56. The molecule has 2 heterocycles. The number of hydrogen-bond acceptors (Lipinski definition) is 3. The summed E-state index contributed by atoms with van der Waals surface area (Å²) in [5, 5.41) is 0. The molecule has 0 amide bonds. The molecule has 0 aliphatic rings. The second-order valence-electron chi connectivity index (χ2n) is 6.47. The van der Waals surface area contributed by atoms with Gasteiger partial charge in [0.15, 0.2) is 0 Å². The quantitative estimate of drug-likeness (QED) is 0.862. The van der Waals surface area contributed by atoms with Crippen molar-refractivity contribution >= 4 is 5.65 Å². The largest absolute Gasteiger partial charge is 0.297 e. The molecule has 0 fully saturated rings. The van der Waals surface area contributed by atoms with Crippen LogP contribution in [0.25, 0.3) is 5.65 Å². The SMILES string of the molecule is CC(N(C)Cc1cc(=O)n2ccccc2n1)C(C)(C)C. The molecule has 2 aromatic rings. The van der Waals surface area contributed by atoms with E-state index in [9.17, 15) is 4.79 Å². The Morgan fingerprint density at radius 3 is 2.70 bits per heavy atom. The minimum absolute atomic E-state index is 0.0255. The Morgan fingerprint density at radius 2 is 2.05 bits per heavy atom. The molecule has 0 bridgehead atoms. The minimum atomic E-state index is -0.0255. The molecule has 20 heavy (non-hydrogen) atoms. The summed E-state index contributed by atoms with van der Waals surface area (Å²) in [6.45, 7) is 9.54. The normalized spacial score (nSPS) is 13.9. The molecule has 0 aliphatic heterocycles. The number of rotatable bonds is 3. The van der Waals surface area contributed by atoms with Gasteiger partial charge >= 0.3 is 0 Å². The van der Waals surface area contributed by atoms with E-state index in [0.717, 1.165) is 5.69 Å². The molecule has 0 saturated carbocycles. The number of aromatic nitrogens is 2. The average Bonchev–Trinajstić information content (AvgIpc) is 2.36. The molecular weight excluding hydrogens is 250 g/mol. The lowest BCUT2D eigenvalue weighted by Gasteiger charge is -2.35. The summed E-state index contributed by atoms with van der Waals surface area (Å²) < 4.78 is 1.57. The molecule has 0 saturated heterocycles. The highest BCUT2D eigenvalue weighted by molar-refractivity contribution is 5.37. The Balaban J connectivity index is 2.29. The highest BCUT2D eigenvalue weighted by Gasteiger charge is 2.24. The zero-order chi connectivity index (χ0) is 14.9. The van der Waals surface area contributed by atoms with Crippen LogP contribution in [-0.4, -0.2) is 27.4 Å². The smallest absolute Gasteiger partial charge is 0.258 e. The number of hydrogen-bond donors (Lipinski definition) is 0. The first-order valence-corrected chi connectivity index (χ1v) is 6.96. The van der Waals surface area contributed by atoms with Crippen LogP contribution in [0.3, 0.4) is 0 Å². The Hall–Kier alpha value is -1.68. The van der Waals surface area contributed by atoms with Crippen LogP contribution < -0.4 is 5.56 Å². The molecule has 1 unspecified atom stereocenters. The first kappa shape index (κ1) is 14.7. The number of pyridine rings is 1. The maximum Gasteiger partial charge on any atom is 0.258 e. The van der Waals surface area contributed by atoms with Gasteiger partial charge in [0.2, 0.25) is 0 Å². The molecule has 108 valence electrons. The van der Waals surface area contributed by atoms with Crippen LogP contribution in [-0.2, 0) is 6.54 Å². The Kier molecular flexibility index (Phi) is 3.95. The van der Waals surface area contributed by atoms with Gasteiger partial charge in [-0.25, -0.2) is 4.98 Å². The van der Waals surface area contributed by atoms with Crippen molar-refractivity contribution in [3.8, 4) is 0 Å². The Morgan fingerprint density at radius 1 is 1.35 bits per heavy atom. The van der Waals surface area contributed by atoms with Crippen molar-refractivity contribution in [2.45, 2.75) is 40.3 Å². The summed E-state index contributed by atoms with van der Waals surface area (Å²) in [6, 6.07) is 7.62. The minimum Gasteiger partial charge on any atom is -0.297 e. The second kappa shape index (κ2) is 5.37. The van der Waals surface area contributed by atoms with E-state index in [2.05, 4.69) is 44.6 Å². The fourth-order valence-corrected chi connectivity index (χ4v) is 2.24. The van der Waals surface area contributed by atoms with Gasteiger partial charge in [0.05, 0.1) is 5.69 Å². The third-order valence-corrected chi connectivity index (χ3v) is 3.95. The van der Waals surface area contributed by atoms with Crippen molar-refractivity contribution in [3.05, 3.63) is 46.5 Å². The standard InChI is InChI=1S/C16H23N3O/c1-12(16(2,3)4)18(5)11-13-10-15(20)19-9-7-6-8-14(19)17-13/h6-10,12H,11H2,1-5H3. The third kappa shape index (κ3) is 3.07. The third-order valence-electron chi connectivity index (χ3n) is 3.95. The van der Waals surface area contributed by atoms with Crippen LogP contribution in [0, 0.1) is 5.41 Å². The van der Waals surface area contributed by atoms with Crippen LogP contribution in [0.4, 0.5) is 0 Å². The number of nitrogens with zero attached hydrogens (tertiary/aromatic N) is 3. The summed E-state index contributed by atoms with van der Waals surface area (Å²) in [4.78, 5) is 18.9. The highest BCUT2D eigenvalue weighted by atomic mass is 16.1. The lowest BCUT2D eigenvalue weighted by molar-refractivity contribution is 0.133. The van der Waals surface area contributed by atoms with Gasteiger partial charge in [-0.15, -0.1) is 0 Å². The van der Waals surface area contributed by atoms with Gasteiger partial charge in [0.1, 0.15) is 5.65 Å². The molecule has 0 N–H and O–H groups in total. The molecule has 0 aromatic carbocycles. The summed E-state index contributed by atoms with van der Waals surface area (Å²) in [6.07, 6.45) is 1.75. The molecule has 2 rings (SSSR count). The van der Waals surface area contributed by atoms with E-state index in [1.165, 1.54) is 0 Å². The van der Waals surface area contributed by atoms with Gasteiger partial charge in [-0.3, -0.25) is 14.1 Å². The molecule has 0 aliphatic carbocycles. The van der Waals surface area contributed by atoms with Crippen LogP contribution in [0.15, 0.2) is 35.3 Å². The van der Waals surface area contributed by atoms with Crippen molar-refractivity contribution in [2.75, 3.05) is 7.05 Å². The van der Waals surface area contributed by atoms with E-state index in [0.29, 0.717) is 18.2 Å². The van der Waals surface area contributed by atoms with E-state index in [1.807, 2.05) is 18.2 Å². The van der Waals surface area contributed by atoms with E-state index in [1.54, 1.807) is 16.7 Å². The summed E-state index contributed by atoms with van der Waals surface area (Å²) in [5.41, 5.74) is 1.69. The van der Waals surface area contributed by atoms with Crippen LogP contribution in [0.5, 0.6) is 0 Å².